The second kappa shape index (κ2) is 9.98. The van der Waals surface area contributed by atoms with Gasteiger partial charge in [-0.3, -0.25) is 4.90 Å². The third-order valence-electron chi connectivity index (χ3n) is 5.99. The molecule has 1 fully saturated rings. The quantitative estimate of drug-likeness (QED) is 0.494. The highest BCUT2D eigenvalue weighted by Gasteiger charge is 2.26. The van der Waals surface area contributed by atoms with Crippen molar-refractivity contribution in [2.24, 2.45) is 0 Å². The minimum absolute atomic E-state index is 0.188. The molecule has 10 nitrogen and oxygen atoms in total. The molecule has 10 heteroatoms. The second-order valence-electron chi connectivity index (χ2n) is 9.99. The Balaban J connectivity index is 1.15. The monoisotopic (exact) mass is 488 g/mol. The largest absolute Gasteiger partial charge is 0.444 e. The SMILES string of the molecule is CC(C)(C)OC(=O)N1CCN(Cc2ccnc(NC3Nc4ccc(-c5ncccn5)cc4N3)c2)CC1. The normalized spacial score (nSPS) is 17.6. The summed E-state index contributed by atoms with van der Waals surface area (Å²) in [6, 6.07) is 12.0. The van der Waals surface area contributed by atoms with Crippen molar-refractivity contribution in [2.75, 3.05) is 42.1 Å². The van der Waals surface area contributed by atoms with Crippen LogP contribution >= 0.6 is 0 Å². The first-order valence-electron chi connectivity index (χ1n) is 12.2. The number of rotatable bonds is 5. The van der Waals surface area contributed by atoms with Gasteiger partial charge in [-0.25, -0.2) is 19.7 Å². The first-order valence-corrected chi connectivity index (χ1v) is 12.2. The van der Waals surface area contributed by atoms with Crippen molar-refractivity contribution < 1.29 is 9.53 Å². The highest BCUT2D eigenvalue weighted by atomic mass is 16.6. The fourth-order valence-corrected chi connectivity index (χ4v) is 4.27. The number of hydrogen-bond donors (Lipinski definition) is 3. The number of benzene rings is 1. The van der Waals surface area contributed by atoms with Gasteiger partial charge in [-0.05, 0) is 62.7 Å². The van der Waals surface area contributed by atoms with E-state index in [0.29, 0.717) is 18.9 Å². The highest BCUT2D eigenvalue weighted by molar-refractivity contribution is 5.80. The number of hydrogen-bond acceptors (Lipinski definition) is 9. The van der Waals surface area contributed by atoms with Crippen LogP contribution in [0.5, 0.6) is 0 Å². The van der Waals surface area contributed by atoms with Crippen molar-refractivity contribution in [3.63, 3.8) is 0 Å². The Morgan fingerprint density at radius 2 is 1.75 bits per heavy atom. The lowest BCUT2D eigenvalue weighted by Crippen LogP contribution is -2.49. The Bertz CT molecular complexity index is 1210. The number of carbonyl (C=O) groups is 1. The first-order chi connectivity index (χ1) is 17.3. The zero-order valence-corrected chi connectivity index (χ0v) is 20.9. The molecule has 3 aromatic rings. The van der Waals surface area contributed by atoms with E-state index in [-0.39, 0.29) is 12.4 Å². The van der Waals surface area contributed by atoms with Crippen molar-refractivity contribution >= 4 is 23.3 Å². The predicted octanol–water partition coefficient (Wildman–Crippen LogP) is 3.82. The minimum Gasteiger partial charge on any atom is -0.444 e. The standard InChI is InChI=1S/C26H32N8O2/c1-26(2,3)36-25(35)34-13-11-33(12-14-34)17-18-7-10-27-22(15-18)32-24-30-20-6-5-19(16-21(20)31-24)23-28-8-4-9-29-23/h4-10,15-16,24,30-31H,11-14,17H2,1-3H3,(H,27,32). The number of amides is 1. The third-order valence-corrected chi connectivity index (χ3v) is 5.99. The van der Waals surface area contributed by atoms with E-state index < -0.39 is 5.60 Å². The lowest BCUT2D eigenvalue weighted by atomic mass is 10.1. The number of nitrogens with zero attached hydrogens (tertiary/aromatic N) is 5. The van der Waals surface area contributed by atoms with Crippen LogP contribution in [0.4, 0.5) is 22.0 Å². The summed E-state index contributed by atoms with van der Waals surface area (Å²) in [6.45, 7) is 9.40. The molecule has 4 heterocycles. The summed E-state index contributed by atoms with van der Waals surface area (Å²) in [6.07, 6.45) is 4.88. The minimum atomic E-state index is -0.475. The zero-order chi connectivity index (χ0) is 25.1. The molecule has 0 radical (unpaired) electrons. The Labute approximate surface area is 211 Å². The number of pyridine rings is 1. The van der Waals surface area contributed by atoms with E-state index in [0.717, 1.165) is 48.0 Å². The first kappa shape index (κ1) is 23.8. The third kappa shape index (κ3) is 5.83. The molecular weight excluding hydrogens is 456 g/mol. The zero-order valence-electron chi connectivity index (χ0n) is 20.9. The van der Waals surface area contributed by atoms with Crippen molar-refractivity contribution in [3.05, 3.63) is 60.6 Å². The molecule has 0 saturated carbocycles. The smallest absolute Gasteiger partial charge is 0.410 e. The molecule has 1 saturated heterocycles. The van der Waals surface area contributed by atoms with Gasteiger partial charge >= 0.3 is 6.09 Å². The molecule has 1 atom stereocenters. The van der Waals surface area contributed by atoms with Gasteiger partial charge in [-0.15, -0.1) is 0 Å². The van der Waals surface area contributed by atoms with Gasteiger partial charge in [0.2, 0.25) is 0 Å². The van der Waals surface area contributed by atoms with Gasteiger partial charge in [0.15, 0.2) is 12.1 Å². The van der Waals surface area contributed by atoms with Crippen LogP contribution in [0.2, 0.25) is 0 Å². The van der Waals surface area contributed by atoms with Gasteiger partial charge in [0.25, 0.3) is 0 Å². The molecule has 1 amide bonds. The van der Waals surface area contributed by atoms with E-state index in [9.17, 15) is 4.79 Å². The molecule has 2 aliphatic heterocycles. The van der Waals surface area contributed by atoms with Gasteiger partial charge in [-0.2, -0.15) is 0 Å². The molecule has 2 aromatic heterocycles. The summed E-state index contributed by atoms with van der Waals surface area (Å²) in [5, 5.41) is 10.3. The van der Waals surface area contributed by atoms with Crippen molar-refractivity contribution in [2.45, 2.75) is 39.2 Å². The van der Waals surface area contributed by atoms with Crippen LogP contribution in [0.25, 0.3) is 11.4 Å². The number of fused-ring (bicyclic) bond motifs is 1. The van der Waals surface area contributed by atoms with Crippen LogP contribution in [0.3, 0.4) is 0 Å². The summed E-state index contributed by atoms with van der Waals surface area (Å²) in [4.78, 5) is 29.6. The number of anilines is 3. The van der Waals surface area contributed by atoms with Crippen LogP contribution in [0, 0.1) is 0 Å². The summed E-state index contributed by atoms with van der Waals surface area (Å²) in [5.41, 5.74) is 3.63. The Hall–Kier alpha value is -3.92. The molecule has 3 N–H and O–H groups in total. The molecular formula is C26H32N8O2. The fourth-order valence-electron chi connectivity index (χ4n) is 4.27. The van der Waals surface area contributed by atoms with Crippen LogP contribution < -0.4 is 16.0 Å². The summed E-state index contributed by atoms with van der Waals surface area (Å²) < 4.78 is 5.50. The molecule has 1 unspecified atom stereocenters. The number of ether oxygens (including phenoxy) is 1. The molecule has 188 valence electrons. The number of nitrogens with one attached hydrogen (secondary N) is 3. The van der Waals surface area contributed by atoms with Gasteiger partial charge in [-0.1, -0.05) is 0 Å². The fraction of sp³-hybridized carbons (Fsp3) is 0.385. The van der Waals surface area contributed by atoms with Gasteiger partial charge in [0, 0.05) is 56.9 Å². The Kier molecular flexibility index (Phi) is 6.60. The van der Waals surface area contributed by atoms with E-state index in [1.165, 1.54) is 0 Å². The lowest BCUT2D eigenvalue weighted by Gasteiger charge is -2.35. The molecule has 2 aliphatic rings. The molecule has 0 bridgehead atoms. The number of aromatic nitrogens is 3. The summed E-state index contributed by atoms with van der Waals surface area (Å²) in [7, 11) is 0. The van der Waals surface area contributed by atoms with Crippen molar-refractivity contribution in [1.29, 1.82) is 0 Å². The van der Waals surface area contributed by atoms with Crippen LogP contribution in [-0.4, -0.2) is 68.9 Å². The average Bonchev–Trinajstić information content (AvgIpc) is 3.25. The van der Waals surface area contributed by atoms with Gasteiger partial charge in [0.1, 0.15) is 11.4 Å². The van der Waals surface area contributed by atoms with E-state index in [4.69, 9.17) is 4.74 Å². The van der Waals surface area contributed by atoms with Gasteiger partial charge < -0.3 is 25.6 Å². The molecule has 1 aromatic carbocycles. The number of carbonyl (C=O) groups excluding carboxylic acids is 1. The van der Waals surface area contributed by atoms with Gasteiger partial charge in [0.05, 0.1) is 11.4 Å². The van der Waals surface area contributed by atoms with Crippen molar-refractivity contribution in [3.8, 4) is 11.4 Å². The topological polar surface area (TPSA) is 108 Å². The van der Waals surface area contributed by atoms with Crippen LogP contribution in [0.1, 0.15) is 26.3 Å². The summed E-state index contributed by atoms with van der Waals surface area (Å²) in [5.74, 6) is 1.48. The van der Waals surface area contributed by atoms with Crippen LogP contribution in [0.15, 0.2) is 55.0 Å². The maximum absolute atomic E-state index is 12.3. The maximum atomic E-state index is 12.3. The molecule has 0 spiro atoms. The maximum Gasteiger partial charge on any atom is 0.410 e. The Morgan fingerprint density at radius 1 is 1.00 bits per heavy atom. The highest BCUT2D eigenvalue weighted by Crippen LogP contribution is 2.32. The summed E-state index contributed by atoms with van der Waals surface area (Å²) >= 11 is 0. The van der Waals surface area contributed by atoms with Crippen LogP contribution in [-0.2, 0) is 11.3 Å². The van der Waals surface area contributed by atoms with E-state index >= 15 is 0 Å². The second-order valence-corrected chi connectivity index (χ2v) is 9.99. The lowest BCUT2D eigenvalue weighted by molar-refractivity contribution is 0.0139. The molecule has 5 rings (SSSR count). The predicted molar refractivity (Wildman–Crippen MR) is 139 cm³/mol. The average molecular weight is 489 g/mol. The molecule has 36 heavy (non-hydrogen) atoms. The van der Waals surface area contributed by atoms with Crippen molar-refractivity contribution in [1.82, 2.24) is 24.8 Å². The number of piperazine rings is 1. The molecule has 0 aliphatic carbocycles. The van der Waals surface area contributed by atoms with E-state index in [1.54, 1.807) is 17.3 Å². The van der Waals surface area contributed by atoms with E-state index in [2.05, 4.69) is 41.9 Å². The Morgan fingerprint density at radius 3 is 2.50 bits per heavy atom. The van der Waals surface area contributed by atoms with E-state index in [1.807, 2.05) is 57.3 Å².